The SMILES string of the molecule is O=C(Cc1csc(NC(=O)c2ccsc2)n1)NCCOc1ccc(F)cc1. The van der Waals surface area contributed by atoms with Gasteiger partial charge in [0.25, 0.3) is 5.91 Å². The zero-order valence-corrected chi connectivity index (χ0v) is 15.7. The third-order valence-corrected chi connectivity index (χ3v) is 4.89. The first kappa shape index (κ1) is 19.0. The average Bonchev–Trinajstić information content (AvgIpc) is 3.32. The predicted molar refractivity (Wildman–Crippen MR) is 103 cm³/mol. The normalized spacial score (nSPS) is 10.4. The number of thiophene rings is 1. The van der Waals surface area contributed by atoms with Gasteiger partial charge in [0.05, 0.1) is 24.2 Å². The fraction of sp³-hybridized carbons (Fsp3) is 0.167. The van der Waals surface area contributed by atoms with E-state index in [0.717, 1.165) is 0 Å². The lowest BCUT2D eigenvalue weighted by Crippen LogP contribution is -2.29. The quantitative estimate of drug-likeness (QED) is 0.564. The highest BCUT2D eigenvalue weighted by Crippen LogP contribution is 2.17. The molecule has 9 heteroatoms. The molecule has 140 valence electrons. The number of anilines is 1. The second-order valence-electron chi connectivity index (χ2n) is 5.44. The lowest BCUT2D eigenvalue weighted by atomic mass is 10.3. The van der Waals surface area contributed by atoms with Crippen molar-refractivity contribution in [3.8, 4) is 5.75 Å². The molecule has 0 aliphatic carbocycles. The molecule has 2 amide bonds. The molecule has 3 rings (SSSR count). The Morgan fingerprint density at radius 2 is 1.96 bits per heavy atom. The van der Waals surface area contributed by atoms with Crippen LogP contribution >= 0.6 is 22.7 Å². The maximum absolute atomic E-state index is 12.8. The molecular weight excluding hydrogens is 389 g/mol. The second-order valence-corrected chi connectivity index (χ2v) is 7.08. The molecule has 2 N–H and O–H groups in total. The number of aromatic nitrogens is 1. The van der Waals surface area contributed by atoms with Crippen molar-refractivity contribution >= 4 is 39.6 Å². The lowest BCUT2D eigenvalue weighted by molar-refractivity contribution is -0.120. The highest BCUT2D eigenvalue weighted by atomic mass is 32.1. The van der Waals surface area contributed by atoms with Crippen molar-refractivity contribution in [2.75, 3.05) is 18.5 Å². The van der Waals surface area contributed by atoms with Gasteiger partial charge >= 0.3 is 0 Å². The van der Waals surface area contributed by atoms with E-state index >= 15 is 0 Å². The number of hydrogen-bond acceptors (Lipinski definition) is 6. The molecule has 0 radical (unpaired) electrons. The highest BCUT2D eigenvalue weighted by Gasteiger charge is 2.11. The number of halogens is 1. The van der Waals surface area contributed by atoms with Gasteiger partial charge in [0, 0.05) is 10.8 Å². The maximum atomic E-state index is 12.8. The largest absolute Gasteiger partial charge is 0.492 e. The molecule has 0 atom stereocenters. The van der Waals surface area contributed by atoms with Crippen LogP contribution in [0, 0.1) is 5.82 Å². The fourth-order valence-corrected chi connectivity index (χ4v) is 3.47. The molecule has 27 heavy (non-hydrogen) atoms. The summed E-state index contributed by atoms with van der Waals surface area (Å²) in [6, 6.07) is 7.41. The standard InChI is InChI=1S/C18H16FN3O3S2/c19-13-1-3-15(4-2-13)25-7-6-20-16(23)9-14-11-27-18(21-14)22-17(24)12-5-8-26-10-12/h1-5,8,10-11H,6-7,9H2,(H,20,23)(H,21,22,24). The topological polar surface area (TPSA) is 80.3 Å². The van der Waals surface area contributed by atoms with E-state index in [-0.39, 0.29) is 30.7 Å². The fourth-order valence-electron chi connectivity index (χ4n) is 2.13. The van der Waals surface area contributed by atoms with Crippen LogP contribution in [0.5, 0.6) is 5.75 Å². The first-order valence-electron chi connectivity index (χ1n) is 8.03. The summed E-state index contributed by atoms with van der Waals surface area (Å²) in [5, 5.41) is 11.2. The molecule has 0 bridgehead atoms. The summed E-state index contributed by atoms with van der Waals surface area (Å²) in [6.45, 7) is 0.596. The Balaban J connectivity index is 1.38. The molecule has 3 aromatic rings. The predicted octanol–water partition coefficient (Wildman–Crippen LogP) is 3.33. The van der Waals surface area contributed by atoms with Crippen molar-refractivity contribution < 1.29 is 18.7 Å². The number of carbonyl (C=O) groups excluding carboxylic acids is 2. The van der Waals surface area contributed by atoms with Gasteiger partial charge in [0.1, 0.15) is 18.2 Å². The van der Waals surface area contributed by atoms with Crippen LogP contribution in [0.2, 0.25) is 0 Å². The van der Waals surface area contributed by atoms with Crippen molar-refractivity contribution in [3.05, 3.63) is 63.5 Å². The summed E-state index contributed by atoms with van der Waals surface area (Å²) in [5.74, 6) is -0.209. The van der Waals surface area contributed by atoms with Crippen LogP contribution < -0.4 is 15.4 Å². The van der Waals surface area contributed by atoms with E-state index in [0.29, 0.717) is 28.7 Å². The number of amides is 2. The molecular formula is C18H16FN3O3S2. The number of benzene rings is 1. The minimum atomic E-state index is -0.329. The Labute approximate surface area is 163 Å². The molecule has 0 aliphatic heterocycles. The summed E-state index contributed by atoms with van der Waals surface area (Å²) >= 11 is 2.71. The molecule has 0 fully saturated rings. The van der Waals surface area contributed by atoms with E-state index in [1.165, 1.54) is 46.9 Å². The third-order valence-electron chi connectivity index (χ3n) is 3.40. The first-order chi connectivity index (χ1) is 13.1. The number of nitrogens with zero attached hydrogens (tertiary/aromatic N) is 1. The van der Waals surface area contributed by atoms with Crippen molar-refractivity contribution in [1.29, 1.82) is 0 Å². The number of hydrogen-bond donors (Lipinski definition) is 2. The molecule has 0 spiro atoms. The molecule has 2 heterocycles. The summed E-state index contributed by atoms with van der Waals surface area (Å²) in [4.78, 5) is 28.2. The van der Waals surface area contributed by atoms with Crippen LogP contribution in [-0.4, -0.2) is 29.9 Å². The summed E-state index contributed by atoms with van der Waals surface area (Å²) < 4.78 is 18.2. The zero-order chi connectivity index (χ0) is 19.1. The number of thiazole rings is 1. The van der Waals surface area contributed by atoms with Crippen LogP contribution in [0.25, 0.3) is 0 Å². The van der Waals surface area contributed by atoms with Gasteiger partial charge in [-0.2, -0.15) is 11.3 Å². The molecule has 0 aliphatic rings. The van der Waals surface area contributed by atoms with E-state index in [2.05, 4.69) is 15.6 Å². The van der Waals surface area contributed by atoms with E-state index in [1.807, 2.05) is 5.38 Å². The van der Waals surface area contributed by atoms with E-state index in [4.69, 9.17) is 4.74 Å². The first-order valence-corrected chi connectivity index (χ1v) is 9.85. The van der Waals surface area contributed by atoms with Gasteiger partial charge in [0.15, 0.2) is 5.13 Å². The van der Waals surface area contributed by atoms with E-state index in [1.54, 1.807) is 16.8 Å². The van der Waals surface area contributed by atoms with Gasteiger partial charge in [-0.05, 0) is 35.7 Å². The number of ether oxygens (including phenoxy) is 1. The average molecular weight is 405 g/mol. The van der Waals surface area contributed by atoms with Crippen LogP contribution in [0.15, 0.2) is 46.5 Å². The van der Waals surface area contributed by atoms with Crippen molar-refractivity contribution in [2.24, 2.45) is 0 Å². The van der Waals surface area contributed by atoms with Crippen molar-refractivity contribution in [1.82, 2.24) is 10.3 Å². The van der Waals surface area contributed by atoms with Gasteiger partial charge < -0.3 is 10.1 Å². The van der Waals surface area contributed by atoms with E-state index < -0.39 is 0 Å². The number of nitrogens with one attached hydrogen (secondary N) is 2. The molecule has 0 unspecified atom stereocenters. The Hall–Kier alpha value is -2.78. The van der Waals surface area contributed by atoms with Gasteiger partial charge in [-0.25, -0.2) is 9.37 Å². The van der Waals surface area contributed by atoms with Gasteiger partial charge in [0.2, 0.25) is 5.91 Å². The maximum Gasteiger partial charge on any atom is 0.258 e. The van der Waals surface area contributed by atoms with Crippen LogP contribution in [0.3, 0.4) is 0 Å². The van der Waals surface area contributed by atoms with Gasteiger partial charge in [-0.3, -0.25) is 14.9 Å². The minimum absolute atomic E-state index is 0.112. The number of carbonyl (C=O) groups is 2. The summed E-state index contributed by atoms with van der Waals surface area (Å²) in [7, 11) is 0. The Bertz CT molecular complexity index is 895. The Morgan fingerprint density at radius 3 is 2.70 bits per heavy atom. The lowest BCUT2D eigenvalue weighted by Gasteiger charge is -2.07. The second kappa shape index (κ2) is 9.24. The zero-order valence-electron chi connectivity index (χ0n) is 14.1. The Kier molecular flexibility index (Phi) is 6.50. The van der Waals surface area contributed by atoms with Crippen LogP contribution in [-0.2, 0) is 11.2 Å². The third kappa shape index (κ3) is 5.87. The highest BCUT2D eigenvalue weighted by molar-refractivity contribution is 7.14. The molecule has 1 aromatic carbocycles. The number of rotatable bonds is 8. The molecule has 0 saturated heterocycles. The van der Waals surface area contributed by atoms with Crippen LogP contribution in [0.1, 0.15) is 16.1 Å². The van der Waals surface area contributed by atoms with Crippen LogP contribution in [0.4, 0.5) is 9.52 Å². The molecule has 0 saturated carbocycles. The van der Waals surface area contributed by atoms with Gasteiger partial charge in [-0.1, -0.05) is 0 Å². The minimum Gasteiger partial charge on any atom is -0.492 e. The summed E-state index contributed by atoms with van der Waals surface area (Å²) in [6.07, 6.45) is 0.112. The molecule has 6 nitrogen and oxygen atoms in total. The summed E-state index contributed by atoms with van der Waals surface area (Å²) in [5.41, 5.74) is 1.16. The van der Waals surface area contributed by atoms with Crippen molar-refractivity contribution in [2.45, 2.75) is 6.42 Å². The van der Waals surface area contributed by atoms with Crippen molar-refractivity contribution in [3.63, 3.8) is 0 Å². The monoisotopic (exact) mass is 405 g/mol. The van der Waals surface area contributed by atoms with E-state index in [9.17, 15) is 14.0 Å². The smallest absolute Gasteiger partial charge is 0.258 e. The Morgan fingerprint density at radius 1 is 1.15 bits per heavy atom. The van der Waals surface area contributed by atoms with Gasteiger partial charge in [-0.15, -0.1) is 11.3 Å². The molecule has 2 aromatic heterocycles.